The van der Waals surface area contributed by atoms with Crippen LogP contribution >= 0.6 is 24.0 Å². The van der Waals surface area contributed by atoms with Gasteiger partial charge in [0, 0.05) is 19.5 Å². The van der Waals surface area contributed by atoms with Crippen molar-refractivity contribution in [2.45, 2.75) is 32.1 Å². The van der Waals surface area contributed by atoms with Crippen molar-refractivity contribution in [3.05, 3.63) is 28.7 Å². The average Bonchev–Trinajstić information content (AvgIpc) is 3.00. The van der Waals surface area contributed by atoms with E-state index in [4.69, 9.17) is 26.8 Å². The van der Waals surface area contributed by atoms with Crippen LogP contribution in [0.5, 0.6) is 11.5 Å². The molecule has 1 saturated heterocycles. The van der Waals surface area contributed by atoms with Gasteiger partial charge in [0.05, 0.1) is 25.5 Å². The first kappa shape index (κ1) is 24.7. The molecule has 1 fully saturated rings. The third-order valence-corrected chi connectivity index (χ3v) is 5.90. The number of hydrogen-bond donors (Lipinski definition) is 2. The normalized spacial score (nSPS) is 14.8. The number of nitrogens with one attached hydrogen (secondary N) is 1. The summed E-state index contributed by atoms with van der Waals surface area (Å²) in [6.07, 6.45) is 4.17. The quantitative estimate of drug-likeness (QED) is 0.275. The fourth-order valence-electron chi connectivity index (χ4n) is 2.92. The first-order chi connectivity index (χ1) is 14.8. The van der Waals surface area contributed by atoms with Crippen LogP contribution in [-0.2, 0) is 14.4 Å². The van der Waals surface area contributed by atoms with E-state index in [1.165, 1.54) is 11.8 Å². The Bertz CT molecular complexity index is 871. The minimum atomic E-state index is -0.941. The molecule has 0 radical (unpaired) electrons. The summed E-state index contributed by atoms with van der Waals surface area (Å²) >= 11 is 6.62. The van der Waals surface area contributed by atoms with Gasteiger partial charge in [0.2, 0.25) is 5.91 Å². The zero-order valence-corrected chi connectivity index (χ0v) is 19.1. The maximum absolute atomic E-state index is 12.7. The smallest absolute Gasteiger partial charge is 0.305 e. The molecular weight excluding hydrogens is 440 g/mol. The van der Waals surface area contributed by atoms with E-state index < -0.39 is 5.97 Å². The van der Waals surface area contributed by atoms with Gasteiger partial charge < -0.3 is 19.9 Å². The maximum atomic E-state index is 12.7. The Hall–Kier alpha value is -2.59. The van der Waals surface area contributed by atoms with Crippen LogP contribution in [0.2, 0.25) is 0 Å². The second-order valence-electron chi connectivity index (χ2n) is 6.75. The van der Waals surface area contributed by atoms with Crippen molar-refractivity contribution in [2.24, 2.45) is 0 Å². The van der Waals surface area contributed by atoms with Gasteiger partial charge >= 0.3 is 5.97 Å². The van der Waals surface area contributed by atoms with Crippen molar-refractivity contribution in [3.8, 4) is 11.5 Å². The largest absolute Gasteiger partial charge is 0.493 e. The number of methoxy groups -OCH3 is 2. The van der Waals surface area contributed by atoms with Crippen molar-refractivity contribution in [3.63, 3.8) is 0 Å². The van der Waals surface area contributed by atoms with Gasteiger partial charge in [-0.15, -0.1) is 0 Å². The molecule has 168 valence electrons. The number of hydrogen-bond acceptors (Lipinski definition) is 7. The molecule has 0 saturated carbocycles. The molecule has 1 aromatic rings. The summed E-state index contributed by atoms with van der Waals surface area (Å²) < 4.78 is 11.0. The number of carbonyl (C=O) groups is 3. The van der Waals surface area contributed by atoms with Gasteiger partial charge in [0.25, 0.3) is 5.91 Å². The fourth-order valence-corrected chi connectivity index (χ4v) is 4.22. The van der Waals surface area contributed by atoms with Gasteiger partial charge in [-0.3, -0.25) is 19.3 Å². The van der Waals surface area contributed by atoms with Gasteiger partial charge in [0.15, 0.2) is 11.5 Å². The predicted octanol–water partition coefficient (Wildman–Crippen LogP) is 3.06. The van der Waals surface area contributed by atoms with Crippen LogP contribution in [0.25, 0.3) is 6.08 Å². The summed E-state index contributed by atoms with van der Waals surface area (Å²) in [5, 5.41) is 11.1. The SMILES string of the molecule is COc1ccc(/C=C2\SC(=S)N(CCCCCC(=O)NCCC(=O)O)C2=O)cc1OC. The van der Waals surface area contributed by atoms with Crippen LogP contribution in [0.15, 0.2) is 23.1 Å². The number of ether oxygens (including phenoxy) is 2. The predicted molar refractivity (Wildman–Crippen MR) is 123 cm³/mol. The highest BCUT2D eigenvalue weighted by Gasteiger charge is 2.31. The minimum absolute atomic E-state index is 0.0862. The summed E-state index contributed by atoms with van der Waals surface area (Å²) in [5.74, 6) is -0.0358. The molecule has 2 amide bonds. The van der Waals surface area contributed by atoms with Crippen LogP contribution in [0.1, 0.15) is 37.7 Å². The Kier molecular flexibility index (Phi) is 9.80. The Balaban J connectivity index is 1.81. The number of nitrogens with zero attached hydrogens (tertiary/aromatic N) is 1. The summed E-state index contributed by atoms with van der Waals surface area (Å²) in [7, 11) is 3.12. The van der Waals surface area contributed by atoms with Crippen LogP contribution in [0.4, 0.5) is 0 Å². The summed E-state index contributed by atoms with van der Waals surface area (Å²) in [6.45, 7) is 0.631. The summed E-state index contributed by atoms with van der Waals surface area (Å²) in [4.78, 5) is 36.9. The van der Waals surface area contributed by atoms with Crippen molar-refractivity contribution in [1.82, 2.24) is 10.2 Å². The average molecular weight is 467 g/mol. The number of benzene rings is 1. The van der Waals surface area contributed by atoms with Gasteiger partial charge in [-0.25, -0.2) is 0 Å². The lowest BCUT2D eigenvalue weighted by molar-refractivity contribution is -0.137. The number of carboxylic acid groups (broad SMARTS) is 1. The van der Waals surface area contributed by atoms with Crippen LogP contribution in [0, 0.1) is 0 Å². The Morgan fingerprint density at radius 1 is 1.16 bits per heavy atom. The molecular formula is C21H26N2O6S2. The maximum Gasteiger partial charge on any atom is 0.305 e. The van der Waals surface area contributed by atoms with Crippen LogP contribution in [0.3, 0.4) is 0 Å². The third kappa shape index (κ3) is 7.55. The van der Waals surface area contributed by atoms with E-state index in [2.05, 4.69) is 5.32 Å². The highest BCUT2D eigenvalue weighted by atomic mass is 32.2. The van der Waals surface area contributed by atoms with Crippen molar-refractivity contribution in [1.29, 1.82) is 0 Å². The third-order valence-electron chi connectivity index (χ3n) is 4.53. The Morgan fingerprint density at radius 3 is 2.58 bits per heavy atom. The van der Waals surface area contributed by atoms with E-state index in [9.17, 15) is 14.4 Å². The van der Waals surface area contributed by atoms with E-state index in [1.807, 2.05) is 6.07 Å². The molecule has 2 rings (SSSR count). The number of carbonyl (C=O) groups excluding carboxylic acids is 2. The molecule has 0 spiro atoms. The minimum Gasteiger partial charge on any atom is -0.493 e. The highest BCUT2D eigenvalue weighted by molar-refractivity contribution is 8.26. The van der Waals surface area contributed by atoms with Crippen molar-refractivity contribution < 1.29 is 29.0 Å². The van der Waals surface area contributed by atoms with E-state index in [-0.39, 0.29) is 24.8 Å². The fraction of sp³-hybridized carbons (Fsp3) is 0.429. The summed E-state index contributed by atoms with van der Waals surface area (Å²) in [5.41, 5.74) is 0.812. The Morgan fingerprint density at radius 2 is 1.90 bits per heavy atom. The molecule has 31 heavy (non-hydrogen) atoms. The Labute approximate surface area is 191 Å². The highest BCUT2D eigenvalue weighted by Crippen LogP contribution is 2.34. The molecule has 8 nitrogen and oxygen atoms in total. The molecule has 1 aromatic carbocycles. The topological polar surface area (TPSA) is 105 Å². The number of amides is 2. The monoisotopic (exact) mass is 466 g/mol. The second kappa shape index (κ2) is 12.3. The molecule has 1 aliphatic rings. The molecule has 0 bridgehead atoms. The molecule has 0 atom stereocenters. The van der Waals surface area contributed by atoms with Gasteiger partial charge in [-0.05, 0) is 36.6 Å². The van der Waals surface area contributed by atoms with E-state index in [1.54, 1.807) is 37.3 Å². The molecule has 1 aliphatic heterocycles. The zero-order chi connectivity index (χ0) is 22.8. The number of aliphatic carboxylic acids is 1. The number of rotatable bonds is 12. The van der Waals surface area contributed by atoms with Crippen molar-refractivity contribution in [2.75, 3.05) is 27.3 Å². The summed E-state index contributed by atoms with van der Waals surface area (Å²) in [6, 6.07) is 5.42. The van der Waals surface area contributed by atoms with Gasteiger partial charge in [-0.2, -0.15) is 0 Å². The molecule has 0 aliphatic carbocycles. The van der Waals surface area contributed by atoms with E-state index in [0.29, 0.717) is 40.1 Å². The van der Waals surface area contributed by atoms with Crippen molar-refractivity contribution >= 4 is 52.2 Å². The van der Waals surface area contributed by atoms with Crippen LogP contribution in [-0.4, -0.2) is 59.4 Å². The van der Waals surface area contributed by atoms with Gasteiger partial charge in [-0.1, -0.05) is 36.5 Å². The number of unbranched alkanes of at least 4 members (excludes halogenated alkanes) is 2. The molecule has 0 aromatic heterocycles. The standard InChI is InChI=1S/C21H26N2O6S2/c1-28-15-8-7-14(12-16(15)29-2)13-17-20(27)23(21(30)31-17)11-5-3-4-6-18(24)22-10-9-19(25)26/h7-8,12-13H,3-6,9-11H2,1-2H3,(H,22,24)(H,25,26)/b17-13-. The lowest BCUT2D eigenvalue weighted by atomic mass is 10.1. The first-order valence-electron chi connectivity index (χ1n) is 9.81. The molecule has 2 N–H and O–H groups in total. The number of thioether (sulfide) groups is 1. The van der Waals surface area contributed by atoms with Crippen LogP contribution < -0.4 is 14.8 Å². The lowest BCUT2D eigenvalue weighted by Gasteiger charge is -2.14. The van der Waals surface area contributed by atoms with Gasteiger partial charge in [0.1, 0.15) is 4.32 Å². The number of carboxylic acids is 1. The second-order valence-corrected chi connectivity index (χ2v) is 8.43. The lowest BCUT2D eigenvalue weighted by Crippen LogP contribution is -2.29. The molecule has 0 unspecified atom stereocenters. The zero-order valence-electron chi connectivity index (χ0n) is 17.5. The molecule has 1 heterocycles. The first-order valence-corrected chi connectivity index (χ1v) is 11.0. The molecule has 10 heteroatoms. The van der Waals surface area contributed by atoms with E-state index >= 15 is 0 Å². The number of thiocarbonyl (C=S) groups is 1. The van der Waals surface area contributed by atoms with E-state index in [0.717, 1.165) is 18.4 Å².